The van der Waals surface area contributed by atoms with Gasteiger partial charge < -0.3 is 14.4 Å². The van der Waals surface area contributed by atoms with Crippen molar-refractivity contribution in [2.45, 2.75) is 25.8 Å². The maximum Gasteiger partial charge on any atom is 0.223 e. The fourth-order valence-electron chi connectivity index (χ4n) is 3.97. The molecule has 0 bridgehead atoms. The van der Waals surface area contributed by atoms with Gasteiger partial charge >= 0.3 is 0 Å². The molecule has 0 aliphatic carbocycles. The van der Waals surface area contributed by atoms with Crippen molar-refractivity contribution < 1.29 is 23.5 Å². The van der Waals surface area contributed by atoms with Gasteiger partial charge in [-0.05, 0) is 42.3 Å². The van der Waals surface area contributed by atoms with Crippen LogP contribution in [-0.2, 0) is 11.3 Å². The summed E-state index contributed by atoms with van der Waals surface area (Å²) in [4.78, 5) is 29.4. The highest BCUT2D eigenvalue weighted by atomic mass is 19.1. The van der Waals surface area contributed by atoms with Crippen molar-refractivity contribution >= 4 is 11.7 Å². The predicted octanol–water partition coefficient (Wildman–Crippen LogP) is 3.29. The van der Waals surface area contributed by atoms with Crippen LogP contribution in [0.15, 0.2) is 42.5 Å². The number of hydrogen-bond acceptors (Lipinski definition) is 5. The van der Waals surface area contributed by atoms with Gasteiger partial charge in [-0.1, -0.05) is 12.1 Å². The summed E-state index contributed by atoms with van der Waals surface area (Å²) in [5.41, 5.74) is 1.60. The van der Waals surface area contributed by atoms with Gasteiger partial charge in [0.2, 0.25) is 5.91 Å². The molecule has 1 amide bonds. The van der Waals surface area contributed by atoms with E-state index in [2.05, 4.69) is 4.90 Å². The maximum atomic E-state index is 13.1. The van der Waals surface area contributed by atoms with Gasteiger partial charge in [-0.15, -0.1) is 0 Å². The number of rotatable bonds is 6. The van der Waals surface area contributed by atoms with Crippen LogP contribution in [-0.4, -0.2) is 60.9 Å². The van der Waals surface area contributed by atoms with Crippen LogP contribution in [0.2, 0.25) is 0 Å². The Kier molecular flexibility index (Phi) is 6.82. The molecular formula is C24H27FN2O4. The number of carbonyl (C=O) groups is 2. The number of ether oxygens (including phenoxy) is 2. The van der Waals surface area contributed by atoms with Gasteiger partial charge in [0, 0.05) is 51.1 Å². The highest BCUT2D eigenvalue weighted by Crippen LogP contribution is 2.31. The largest absolute Gasteiger partial charge is 0.486 e. The van der Waals surface area contributed by atoms with E-state index in [9.17, 15) is 14.0 Å². The third kappa shape index (κ3) is 5.61. The van der Waals surface area contributed by atoms with E-state index in [1.165, 1.54) is 12.1 Å². The van der Waals surface area contributed by atoms with Crippen LogP contribution >= 0.6 is 0 Å². The molecule has 0 saturated carbocycles. The molecule has 6 nitrogen and oxygen atoms in total. The van der Waals surface area contributed by atoms with Gasteiger partial charge in [0.1, 0.15) is 19.0 Å². The van der Waals surface area contributed by atoms with Crippen molar-refractivity contribution in [3.05, 3.63) is 59.4 Å². The van der Waals surface area contributed by atoms with Crippen LogP contribution in [0.25, 0.3) is 0 Å². The van der Waals surface area contributed by atoms with Gasteiger partial charge in [0.15, 0.2) is 17.3 Å². The number of Topliss-reactive ketones (excluding diaryl/α,β-unsaturated/α-hetero) is 1. The van der Waals surface area contributed by atoms with E-state index in [4.69, 9.17) is 9.47 Å². The monoisotopic (exact) mass is 426 g/mol. The van der Waals surface area contributed by atoms with E-state index >= 15 is 0 Å². The zero-order chi connectivity index (χ0) is 21.6. The molecule has 1 saturated heterocycles. The molecule has 4 rings (SSSR count). The van der Waals surface area contributed by atoms with Crippen molar-refractivity contribution in [1.29, 1.82) is 0 Å². The Bertz CT molecular complexity index is 932. The lowest BCUT2D eigenvalue weighted by atomic mass is 10.1. The Balaban J connectivity index is 1.26. The Labute approximate surface area is 181 Å². The molecule has 164 valence electrons. The lowest BCUT2D eigenvalue weighted by molar-refractivity contribution is -0.131. The first-order chi connectivity index (χ1) is 15.1. The van der Waals surface area contributed by atoms with Gasteiger partial charge in [-0.2, -0.15) is 0 Å². The summed E-state index contributed by atoms with van der Waals surface area (Å²) in [5, 5.41) is 0. The first-order valence-corrected chi connectivity index (χ1v) is 10.8. The lowest BCUT2D eigenvalue weighted by Crippen LogP contribution is -2.35. The molecule has 2 heterocycles. The zero-order valence-electron chi connectivity index (χ0n) is 17.5. The van der Waals surface area contributed by atoms with Crippen LogP contribution < -0.4 is 9.47 Å². The van der Waals surface area contributed by atoms with Crippen LogP contribution in [0.4, 0.5) is 4.39 Å². The number of carbonyl (C=O) groups excluding carboxylic acids is 2. The summed E-state index contributed by atoms with van der Waals surface area (Å²) in [5.74, 6) is 0.931. The SMILES string of the molecule is O=C(CCC(=O)N1CCCN(Cc2ccc(F)cc2)CC1)c1ccc2c(c1)OCCO2. The molecule has 7 heteroatoms. The molecule has 31 heavy (non-hydrogen) atoms. The minimum absolute atomic E-state index is 0.00882. The predicted molar refractivity (Wildman–Crippen MR) is 114 cm³/mol. The maximum absolute atomic E-state index is 13.1. The highest BCUT2D eigenvalue weighted by Gasteiger charge is 2.21. The minimum Gasteiger partial charge on any atom is -0.486 e. The molecule has 0 aromatic heterocycles. The second kappa shape index (κ2) is 9.92. The van der Waals surface area contributed by atoms with Crippen LogP contribution in [0.1, 0.15) is 35.2 Å². The van der Waals surface area contributed by atoms with Crippen LogP contribution in [0.5, 0.6) is 11.5 Å². The van der Waals surface area contributed by atoms with Crippen molar-refractivity contribution in [3.8, 4) is 11.5 Å². The Morgan fingerprint density at radius 2 is 1.65 bits per heavy atom. The number of hydrogen-bond donors (Lipinski definition) is 0. The topological polar surface area (TPSA) is 59.1 Å². The lowest BCUT2D eigenvalue weighted by Gasteiger charge is -2.22. The molecule has 0 unspecified atom stereocenters. The third-order valence-corrected chi connectivity index (χ3v) is 5.69. The molecule has 0 atom stereocenters. The van der Waals surface area contributed by atoms with Gasteiger partial charge in [0.05, 0.1) is 0 Å². The normalized spacial score (nSPS) is 16.6. The number of nitrogens with zero attached hydrogens (tertiary/aromatic N) is 2. The smallest absolute Gasteiger partial charge is 0.223 e. The van der Waals surface area contributed by atoms with Crippen LogP contribution in [0.3, 0.4) is 0 Å². The molecule has 0 N–H and O–H groups in total. The summed E-state index contributed by atoms with van der Waals surface area (Å²) in [7, 11) is 0. The highest BCUT2D eigenvalue weighted by molar-refractivity contribution is 5.98. The number of fused-ring (bicyclic) bond motifs is 1. The molecule has 2 aromatic carbocycles. The van der Waals surface area contributed by atoms with Gasteiger partial charge in [0.25, 0.3) is 0 Å². The van der Waals surface area contributed by atoms with E-state index in [0.29, 0.717) is 43.4 Å². The molecule has 2 aliphatic rings. The summed E-state index contributed by atoms with van der Waals surface area (Å²) < 4.78 is 24.1. The quantitative estimate of drug-likeness (QED) is 0.664. The molecule has 0 spiro atoms. The average Bonchev–Trinajstić information content (AvgIpc) is 3.04. The molecular weight excluding hydrogens is 399 g/mol. The molecule has 2 aromatic rings. The van der Waals surface area contributed by atoms with E-state index in [0.717, 1.165) is 31.6 Å². The van der Waals surface area contributed by atoms with Gasteiger partial charge in [-0.3, -0.25) is 14.5 Å². The summed E-state index contributed by atoms with van der Waals surface area (Å²) in [6.07, 6.45) is 1.25. The average molecular weight is 426 g/mol. The molecule has 2 aliphatic heterocycles. The summed E-state index contributed by atoms with van der Waals surface area (Å²) >= 11 is 0. The second-order valence-electron chi connectivity index (χ2n) is 7.92. The van der Waals surface area contributed by atoms with Crippen molar-refractivity contribution in [1.82, 2.24) is 9.80 Å². The van der Waals surface area contributed by atoms with E-state index in [-0.39, 0.29) is 30.3 Å². The Morgan fingerprint density at radius 1 is 0.871 bits per heavy atom. The fourth-order valence-corrected chi connectivity index (χ4v) is 3.97. The molecule has 1 fully saturated rings. The summed E-state index contributed by atoms with van der Waals surface area (Å²) in [6.45, 7) is 4.69. The Morgan fingerprint density at radius 3 is 2.45 bits per heavy atom. The van der Waals surface area contributed by atoms with Gasteiger partial charge in [-0.25, -0.2) is 4.39 Å². The zero-order valence-corrected chi connectivity index (χ0v) is 17.5. The van der Waals surface area contributed by atoms with Crippen molar-refractivity contribution in [2.75, 3.05) is 39.4 Å². The summed E-state index contributed by atoms with van der Waals surface area (Å²) in [6, 6.07) is 11.7. The third-order valence-electron chi connectivity index (χ3n) is 5.69. The fraction of sp³-hybridized carbons (Fsp3) is 0.417. The minimum atomic E-state index is -0.234. The van der Waals surface area contributed by atoms with E-state index in [1.54, 1.807) is 30.3 Å². The number of halogens is 1. The standard InChI is InChI=1S/C24H27FN2O4/c25-20-5-2-18(3-6-20)17-26-10-1-11-27(13-12-26)24(29)9-7-21(28)19-4-8-22-23(16-19)31-15-14-30-22/h2-6,8,16H,1,7,9-15,17H2. The first kappa shape index (κ1) is 21.3. The van der Waals surface area contributed by atoms with Crippen LogP contribution in [0, 0.1) is 5.82 Å². The Hall–Kier alpha value is -2.93. The number of benzene rings is 2. The second-order valence-corrected chi connectivity index (χ2v) is 7.92. The van der Waals surface area contributed by atoms with E-state index < -0.39 is 0 Å². The molecule has 0 radical (unpaired) electrons. The first-order valence-electron chi connectivity index (χ1n) is 10.8. The van der Waals surface area contributed by atoms with Crippen molar-refractivity contribution in [3.63, 3.8) is 0 Å². The number of amides is 1. The van der Waals surface area contributed by atoms with Crippen molar-refractivity contribution in [2.24, 2.45) is 0 Å². The van der Waals surface area contributed by atoms with E-state index in [1.807, 2.05) is 4.90 Å². The number of ketones is 1.